The number of ether oxygens (including phenoxy) is 1. The topological polar surface area (TPSA) is 21.3 Å². The Balaban J connectivity index is 2.74. The highest BCUT2D eigenvalue weighted by Crippen LogP contribution is 2.26. The van der Waals surface area contributed by atoms with Crippen LogP contribution < -0.4 is 10.1 Å². The van der Waals surface area contributed by atoms with Gasteiger partial charge in [-0.15, -0.1) is 0 Å². The molecule has 0 aliphatic carbocycles. The monoisotopic (exact) mass is 225 g/mol. The minimum absolute atomic E-state index is 0.250. The Bertz CT molecular complexity index is 339. The van der Waals surface area contributed by atoms with E-state index in [4.69, 9.17) is 4.74 Å². The normalized spacial score (nSPS) is 12.6. The van der Waals surface area contributed by atoms with Gasteiger partial charge in [-0.2, -0.15) is 0 Å². The zero-order chi connectivity index (χ0) is 12.1. The molecule has 1 aromatic carbocycles. The van der Waals surface area contributed by atoms with Crippen molar-refractivity contribution in [3.63, 3.8) is 0 Å². The van der Waals surface area contributed by atoms with Gasteiger partial charge in [0.05, 0.1) is 12.8 Å². The van der Waals surface area contributed by atoms with E-state index in [0.717, 1.165) is 12.1 Å². The van der Waals surface area contributed by atoms with Crippen molar-refractivity contribution in [3.05, 3.63) is 24.0 Å². The van der Waals surface area contributed by atoms with Crippen LogP contribution in [-0.4, -0.2) is 13.2 Å². The lowest BCUT2D eigenvalue weighted by atomic mass is 10.0. The van der Waals surface area contributed by atoms with Crippen molar-refractivity contribution in [3.8, 4) is 5.75 Å². The predicted molar refractivity (Wildman–Crippen MR) is 65.5 cm³/mol. The molecular formula is C13H20FNO. The van der Waals surface area contributed by atoms with Crippen molar-refractivity contribution in [2.24, 2.45) is 5.92 Å². The first kappa shape index (κ1) is 12.8. The van der Waals surface area contributed by atoms with E-state index < -0.39 is 0 Å². The van der Waals surface area contributed by atoms with Crippen LogP contribution in [0.25, 0.3) is 0 Å². The van der Waals surface area contributed by atoms with Gasteiger partial charge in [0.2, 0.25) is 0 Å². The van der Waals surface area contributed by atoms with Crippen LogP contribution in [0.1, 0.15) is 27.2 Å². The summed E-state index contributed by atoms with van der Waals surface area (Å²) in [4.78, 5) is 0. The van der Waals surface area contributed by atoms with Gasteiger partial charge in [0.15, 0.2) is 0 Å². The number of hydrogen-bond acceptors (Lipinski definition) is 2. The second kappa shape index (κ2) is 5.73. The predicted octanol–water partition coefficient (Wildman–Crippen LogP) is 3.68. The largest absolute Gasteiger partial charge is 0.495 e. The number of rotatable bonds is 5. The second-order valence-electron chi connectivity index (χ2n) is 4.52. The van der Waals surface area contributed by atoms with Gasteiger partial charge in [-0.05, 0) is 31.4 Å². The van der Waals surface area contributed by atoms with Crippen molar-refractivity contribution in [2.45, 2.75) is 33.2 Å². The summed E-state index contributed by atoms with van der Waals surface area (Å²) in [5, 5.41) is 3.27. The van der Waals surface area contributed by atoms with E-state index in [1.165, 1.54) is 12.1 Å². The van der Waals surface area contributed by atoms with Crippen molar-refractivity contribution >= 4 is 5.69 Å². The van der Waals surface area contributed by atoms with Crippen molar-refractivity contribution in [1.82, 2.24) is 0 Å². The summed E-state index contributed by atoms with van der Waals surface area (Å²) in [5.74, 6) is 1.04. The molecule has 1 N–H and O–H groups in total. The highest BCUT2D eigenvalue weighted by Gasteiger charge is 2.09. The summed E-state index contributed by atoms with van der Waals surface area (Å²) in [6.07, 6.45) is 1.04. The third-order valence-corrected chi connectivity index (χ3v) is 2.39. The van der Waals surface area contributed by atoms with Crippen LogP contribution in [0.5, 0.6) is 5.75 Å². The summed E-state index contributed by atoms with van der Waals surface area (Å²) >= 11 is 0. The summed E-state index contributed by atoms with van der Waals surface area (Å²) in [5.41, 5.74) is 0.718. The zero-order valence-electron chi connectivity index (χ0n) is 10.4. The van der Waals surface area contributed by atoms with E-state index in [9.17, 15) is 4.39 Å². The summed E-state index contributed by atoms with van der Waals surface area (Å²) in [6, 6.07) is 4.81. The first-order valence-electron chi connectivity index (χ1n) is 5.63. The fraction of sp³-hybridized carbons (Fsp3) is 0.538. The van der Waals surface area contributed by atoms with Gasteiger partial charge >= 0.3 is 0 Å². The minimum Gasteiger partial charge on any atom is -0.495 e. The van der Waals surface area contributed by atoms with E-state index in [0.29, 0.717) is 17.7 Å². The van der Waals surface area contributed by atoms with Crippen LogP contribution in [0.2, 0.25) is 0 Å². The lowest BCUT2D eigenvalue weighted by Gasteiger charge is -2.19. The van der Waals surface area contributed by atoms with Crippen LogP contribution >= 0.6 is 0 Å². The van der Waals surface area contributed by atoms with E-state index in [1.807, 2.05) is 0 Å². The highest BCUT2D eigenvalue weighted by atomic mass is 19.1. The van der Waals surface area contributed by atoms with Crippen LogP contribution in [0.15, 0.2) is 18.2 Å². The molecule has 0 heterocycles. The number of nitrogens with one attached hydrogen (secondary N) is 1. The Hall–Kier alpha value is -1.25. The Kier molecular flexibility index (Phi) is 4.59. The number of hydrogen-bond donors (Lipinski definition) is 1. The van der Waals surface area contributed by atoms with Crippen LogP contribution in [0.3, 0.4) is 0 Å². The zero-order valence-corrected chi connectivity index (χ0v) is 10.4. The van der Waals surface area contributed by atoms with Crippen LogP contribution in [0, 0.1) is 11.7 Å². The Morgan fingerprint density at radius 2 is 2.00 bits per heavy atom. The number of benzene rings is 1. The average Bonchev–Trinajstić information content (AvgIpc) is 2.16. The number of methoxy groups -OCH3 is 1. The molecule has 0 bridgehead atoms. The molecule has 0 aliphatic rings. The maximum Gasteiger partial charge on any atom is 0.142 e. The van der Waals surface area contributed by atoms with Crippen molar-refractivity contribution < 1.29 is 9.13 Å². The maximum absolute atomic E-state index is 13.1. The lowest BCUT2D eigenvalue weighted by Crippen LogP contribution is -2.18. The summed E-state index contributed by atoms with van der Waals surface area (Å²) < 4.78 is 18.3. The molecule has 1 atom stereocenters. The molecule has 0 spiro atoms. The number of anilines is 1. The summed E-state index contributed by atoms with van der Waals surface area (Å²) in [6.45, 7) is 6.42. The molecule has 0 saturated carbocycles. The van der Waals surface area contributed by atoms with Gasteiger partial charge < -0.3 is 10.1 Å². The molecule has 0 fully saturated rings. The molecule has 3 heteroatoms. The first-order chi connectivity index (χ1) is 7.52. The third-order valence-electron chi connectivity index (χ3n) is 2.39. The van der Waals surface area contributed by atoms with Gasteiger partial charge in [0, 0.05) is 12.1 Å². The number of halogens is 1. The van der Waals surface area contributed by atoms with E-state index in [1.54, 1.807) is 13.2 Å². The van der Waals surface area contributed by atoms with Crippen molar-refractivity contribution in [1.29, 1.82) is 0 Å². The van der Waals surface area contributed by atoms with Gasteiger partial charge in [-0.25, -0.2) is 4.39 Å². The molecule has 0 radical (unpaired) electrons. The third kappa shape index (κ3) is 3.72. The van der Waals surface area contributed by atoms with E-state index in [-0.39, 0.29) is 5.82 Å². The highest BCUT2D eigenvalue weighted by molar-refractivity contribution is 5.56. The molecule has 1 unspecified atom stereocenters. The second-order valence-corrected chi connectivity index (χ2v) is 4.52. The van der Waals surface area contributed by atoms with Gasteiger partial charge in [-0.1, -0.05) is 13.8 Å². The smallest absolute Gasteiger partial charge is 0.142 e. The first-order valence-corrected chi connectivity index (χ1v) is 5.63. The molecular weight excluding hydrogens is 205 g/mol. The fourth-order valence-corrected chi connectivity index (χ4v) is 1.82. The van der Waals surface area contributed by atoms with Crippen LogP contribution in [0.4, 0.5) is 10.1 Å². The Morgan fingerprint density at radius 1 is 1.31 bits per heavy atom. The summed E-state index contributed by atoms with van der Waals surface area (Å²) in [7, 11) is 1.59. The lowest BCUT2D eigenvalue weighted by molar-refractivity contribution is 0.414. The van der Waals surface area contributed by atoms with E-state index >= 15 is 0 Å². The molecule has 1 rings (SSSR count). The fourth-order valence-electron chi connectivity index (χ4n) is 1.82. The Morgan fingerprint density at radius 3 is 2.56 bits per heavy atom. The van der Waals surface area contributed by atoms with Gasteiger partial charge in [0.25, 0.3) is 0 Å². The molecule has 0 saturated heterocycles. The standard InChI is InChI=1S/C13H20FNO/c1-9(2)7-10(3)15-12-8-11(14)5-6-13(12)16-4/h5-6,8-10,15H,7H2,1-4H3. The van der Waals surface area contributed by atoms with Crippen molar-refractivity contribution in [2.75, 3.05) is 12.4 Å². The van der Waals surface area contributed by atoms with Crippen LogP contribution in [-0.2, 0) is 0 Å². The SMILES string of the molecule is COc1ccc(F)cc1NC(C)CC(C)C. The minimum atomic E-state index is -0.250. The molecule has 2 nitrogen and oxygen atoms in total. The molecule has 16 heavy (non-hydrogen) atoms. The van der Waals surface area contributed by atoms with Gasteiger partial charge in [-0.3, -0.25) is 0 Å². The molecule has 0 aromatic heterocycles. The molecule has 1 aromatic rings. The molecule has 0 amide bonds. The maximum atomic E-state index is 13.1. The quantitative estimate of drug-likeness (QED) is 0.825. The molecule has 90 valence electrons. The van der Waals surface area contributed by atoms with Gasteiger partial charge in [0.1, 0.15) is 11.6 Å². The van der Waals surface area contributed by atoms with E-state index in [2.05, 4.69) is 26.1 Å². The average molecular weight is 225 g/mol. The Labute approximate surface area is 96.8 Å². The molecule has 0 aliphatic heterocycles.